The number of aromatic amines is 1. The summed E-state index contributed by atoms with van der Waals surface area (Å²) in [5.74, 6) is -0.257. The van der Waals surface area contributed by atoms with E-state index in [1.54, 1.807) is 21.9 Å². The highest BCUT2D eigenvalue weighted by Gasteiger charge is 2.40. The molecule has 2 aromatic heterocycles. The summed E-state index contributed by atoms with van der Waals surface area (Å²) < 4.78 is 39.4. The number of nitrogens with one attached hydrogen (secondary N) is 1. The summed E-state index contributed by atoms with van der Waals surface area (Å²) in [7, 11) is 0. The molecule has 0 atom stereocenters. The molecule has 9 heteroatoms. The maximum absolute atomic E-state index is 13.1. The van der Waals surface area contributed by atoms with Gasteiger partial charge >= 0.3 is 6.18 Å². The fraction of sp³-hybridized carbons (Fsp3) is 0.312. The summed E-state index contributed by atoms with van der Waals surface area (Å²) in [6.45, 7) is 1.16. The first kappa shape index (κ1) is 17.5. The highest BCUT2D eigenvalue weighted by molar-refractivity contribution is 6.32. The van der Waals surface area contributed by atoms with Gasteiger partial charge in [0, 0.05) is 6.20 Å². The Morgan fingerprint density at radius 1 is 1.16 bits per heavy atom. The zero-order valence-corrected chi connectivity index (χ0v) is 13.8. The van der Waals surface area contributed by atoms with Crippen LogP contribution in [0.4, 0.5) is 19.0 Å². The summed E-state index contributed by atoms with van der Waals surface area (Å²) in [5, 5.41) is 0.116. The molecule has 0 radical (unpaired) electrons. The molecule has 25 heavy (non-hydrogen) atoms. The number of carbonyl (C=O) groups is 1. The van der Waals surface area contributed by atoms with Crippen molar-refractivity contribution in [3.8, 4) is 0 Å². The number of halogens is 4. The standard InChI is InChI=1S/C16H14ClF3N4O/c17-13-11(3-1-5-21-13)15(25)24-9-7-23(8-10-24)14-12(16(18,19)20)4-2-6-22-14/h1-6H,7-10H2/p+1. The zero-order chi connectivity index (χ0) is 18.0. The Hall–Kier alpha value is -2.35. The lowest BCUT2D eigenvalue weighted by atomic mass is 10.2. The normalized spacial score (nSPS) is 15.4. The Morgan fingerprint density at radius 2 is 1.88 bits per heavy atom. The van der Waals surface area contributed by atoms with Gasteiger partial charge in [0.15, 0.2) is 0 Å². The average Bonchev–Trinajstić information content (AvgIpc) is 2.61. The number of piperazine rings is 1. The highest BCUT2D eigenvalue weighted by Crippen LogP contribution is 2.34. The second-order valence-electron chi connectivity index (χ2n) is 5.55. The van der Waals surface area contributed by atoms with Crippen LogP contribution in [0.2, 0.25) is 5.15 Å². The molecule has 0 bridgehead atoms. The summed E-state index contributed by atoms with van der Waals surface area (Å²) in [4.78, 5) is 22.2. The largest absolute Gasteiger partial charge is 0.424 e. The van der Waals surface area contributed by atoms with Crippen molar-refractivity contribution < 1.29 is 22.9 Å². The second kappa shape index (κ2) is 6.87. The number of rotatable bonds is 2. The van der Waals surface area contributed by atoms with E-state index in [0.717, 1.165) is 6.07 Å². The third kappa shape index (κ3) is 3.68. The van der Waals surface area contributed by atoms with Crippen LogP contribution >= 0.6 is 11.6 Å². The molecule has 1 fully saturated rings. The summed E-state index contributed by atoms with van der Waals surface area (Å²) >= 11 is 5.93. The minimum atomic E-state index is -4.44. The molecule has 1 amide bonds. The smallest absolute Gasteiger partial charge is 0.331 e. The highest BCUT2D eigenvalue weighted by atomic mass is 35.5. The molecular formula is C16H15ClF3N4O+. The van der Waals surface area contributed by atoms with E-state index in [1.165, 1.54) is 18.5 Å². The van der Waals surface area contributed by atoms with Gasteiger partial charge in [-0.1, -0.05) is 11.6 Å². The van der Waals surface area contributed by atoms with Gasteiger partial charge in [0.05, 0.1) is 24.8 Å². The van der Waals surface area contributed by atoms with Gasteiger partial charge in [0.25, 0.3) is 11.7 Å². The van der Waals surface area contributed by atoms with Crippen molar-refractivity contribution in [1.29, 1.82) is 0 Å². The van der Waals surface area contributed by atoms with Crippen molar-refractivity contribution in [2.75, 3.05) is 31.1 Å². The number of alkyl halides is 3. The topological polar surface area (TPSA) is 50.6 Å². The molecule has 5 nitrogen and oxygen atoms in total. The van der Waals surface area contributed by atoms with E-state index in [0.29, 0.717) is 18.7 Å². The van der Waals surface area contributed by atoms with E-state index in [1.807, 2.05) is 0 Å². The molecule has 1 saturated heterocycles. The van der Waals surface area contributed by atoms with Gasteiger partial charge in [-0.15, -0.1) is 0 Å². The summed E-state index contributed by atoms with van der Waals surface area (Å²) in [6, 6.07) is 5.55. The SMILES string of the molecule is O=C(c1cccnc1Cl)N1CCN(c2[nH+]cccc2C(F)(F)F)CC1. The predicted molar refractivity (Wildman–Crippen MR) is 85.4 cm³/mol. The van der Waals surface area contributed by atoms with Crippen LogP contribution in [0.1, 0.15) is 15.9 Å². The number of pyridine rings is 2. The van der Waals surface area contributed by atoms with Crippen molar-refractivity contribution in [2.45, 2.75) is 6.18 Å². The monoisotopic (exact) mass is 371 g/mol. The fourth-order valence-electron chi connectivity index (χ4n) is 2.77. The first-order valence-corrected chi connectivity index (χ1v) is 7.98. The lowest BCUT2D eigenvalue weighted by Gasteiger charge is -2.31. The van der Waals surface area contributed by atoms with E-state index in [4.69, 9.17) is 11.6 Å². The van der Waals surface area contributed by atoms with Gasteiger partial charge in [0.2, 0.25) is 0 Å². The van der Waals surface area contributed by atoms with Gasteiger partial charge < -0.3 is 4.90 Å². The molecule has 0 spiro atoms. The van der Waals surface area contributed by atoms with Crippen LogP contribution in [0.3, 0.4) is 0 Å². The summed E-state index contributed by atoms with van der Waals surface area (Å²) in [5.41, 5.74) is -0.426. The number of hydrogen-bond donors (Lipinski definition) is 0. The number of aromatic nitrogens is 2. The Morgan fingerprint density at radius 3 is 2.52 bits per heavy atom. The minimum Gasteiger partial charge on any atom is -0.331 e. The van der Waals surface area contributed by atoms with E-state index >= 15 is 0 Å². The fourth-order valence-corrected chi connectivity index (χ4v) is 2.97. The van der Waals surface area contributed by atoms with E-state index in [2.05, 4.69) is 9.97 Å². The number of nitrogens with zero attached hydrogens (tertiary/aromatic N) is 3. The van der Waals surface area contributed by atoms with Crippen molar-refractivity contribution in [3.05, 3.63) is 52.9 Å². The van der Waals surface area contributed by atoms with E-state index in [9.17, 15) is 18.0 Å². The molecule has 1 aliphatic heterocycles. The van der Waals surface area contributed by atoms with Crippen LogP contribution in [0, 0.1) is 0 Å². The van der Waals surface area contributed by atoms with Crippen LogP contribution in [-0.2, 0) is 6.18 Å². The molecule has 2 aromatic rings. The second-order valence-corrected chi connectivity index (χ2v) is 5.91. The maximum Gasteiger partial charge on any atom is 0.424 e. The first-order valence-electron chi connectivity index (χ1n) is 7.60. The number of carbonyl (C=O) groups excluding carboxylic acids is 1. The third-order valence-electron chi connectivity index (χ3n) is 4.01. The Kier molecular flexibility index (Phi) is 4.80. The van der Waals surface area contributed by atoms with Crippen molar-refractivity contribution in [1.82, 2.24) is 9.88 Å². The van der Waals surface area contributed by atoms with Gasteiger partial charge in [-0.05, 0) is 24.3 Å². The Labute approximate surface area is 147 Å². The van der Waals surface area contributed by atoms with E-state index < -0.39 is 11.7 Å². The molecule has 0 saturated carbocycles. The third-order valence-corrected chi connectivity index (χ3v) is 4.31. The van der Waals surface area contributed by atoms with Gasteiger partial charge in [-0.2, -0.15) is 13.2 Å². The molecule has 3 heterocycles. The number of H-pyrrole nitrogens is 1. The molecule has 1 aliphatic rings. The van der Waals surface area contributed by atoms with Crippen molar-refractivity contribution in [3.63, 3.8) is 0 Å². The quantitative estimate of drug-likeness (QED) is 0.762. The molecule has 132 valence electrons. The van der Waals surface area contributed by atoms with Crippen LogP contribution in [0.25, 0.3) is 0 Å². The lowest BCUT2D eigenvalue weighted by molar-refractivity contribution is -0.367. The molecular weight excluding hydrogens is 357 g/mol. The zero-order valence-electron chi connectivity index (χ0n) is 13.1. The summed E-state index contributed by atoms with van der Waals surface area (Å²) in [6.07, 6.45) is -1.50. The maximum atomic E-state index is 13.1. The van der Waals surface area contributed by atoms with Crippen LogP contribution in [0.5, 0.6) is 0 Å². The molecule has 0 aliphatic carbocycles. The van der Waals surface area contributed by atoms with Gasteiger partial charge in [-0.3, -0.25) is 9.69 Å². The van der Waals surface area contributed by atoms with Gasteiger partial charge in [-0.25, -0.2) is 9.97 Å². The molecule has 1 N–H and O–H groups in total. The van der Waals surface area contributed by atoms with Gasteiger partial charge in [0.1, 0.15) is 23.8 Å². The number of amides is 1. The lowest BCUT2D eigenvalue weighted by Crippen LogP contribution is -2.50. The van der Waals surface area contributed by atoms with Crippen LogP contribution in [-0.4, -0.2) is 42.0 Å². The van der Waals surface area contributed by atoms with Crippen LogP contribution < -0.4 is 9.88 Å². The van der Waals surface area contributed by atoms with E-state index in [-0.39, 0.29) is 30.0 Å². The Bertz CT molecular complexity index is 776. The molecule has 0 aromatic carbocycles. The molecule has 0 unspecified atom stereocenters. The minimum absolute atomic E-state index is 0.0153. The van der Waals surface area contributed by atoms with Crippen LogP contribution in [0.15, 0.2) is 36.7 Å². The average molecular weight is 372 g/mol. The first-order chi connectivity index (χ1) is 11.9. The van der Waals surface area contributed by atoms with Crippen molar-refractivity contribution >= 4 is 23.3 Å². The predicted octanol–water partition coefficient (Wildman–Crippen LogP) is 2.53. The molecule has 3 rings (SSSR count). The van der Waals surface area contributed by atoms with Crippen molar-refractivity contribution in [2.24, 2.45) is 0 Å². The number of anilines is 1. The Balaban J connectivity index is 1.73. The number of hydrogen-bond acceptors (Lipinski definition) is 3.